The van der Waals surface area contributed by atoms with Crippen LogP contribution in [0.4, 0.5) is 5.69 Å². The highest BCUT2D eigenvalue weighted by molar-refractivity contribution is 5.99. The number of benzene rings is 1. The zero-order valence-corrected chi connectivity index (χ0v) is 22.4. The molecule has 0 saturated carbocycles. The van der Waals surface area contributed by atoms with Crippen molar-refractivity contribution in [3.05, 3.63) is 62.5 Å². The Morgan fingerprint density at radius 1 is 0.972 bits per heavy atom. The molecule has 2 rings (SSSR count). The van der Waals surface area contributed by atoms with Crippen molar-refractivity contribution in [1.82, 2.24) is 5.32 Å². The first kappa shape index (κ1) is 29.0. The SMILES string of the molecule is COC(=O)C1=C(C)NC(C)=C(C(=O)OCCCCCCCC[N+](C)(C)C)[C@H]1c1cccc([N+](=O)[O-])c1. The number of carbonyl (C=O) groups is 2. The van der Waals surface area contributed by atoms with Gasteiger partial charge in [0, 0.05) is 23.5 Å². The van der Waals surface area contributed by atoms with Crippen LogP contribution in [0, 0.1) is 10.1 Å². The molecule has 36 heavy (non-hydrogen) atoms. The second kappa shape index (κ2) is 13.2. The molecule has 198 valence electrons. The average Bonchev–Trinajstić information content (AvgIpc) is 2.81. The van der Waals surface area contributed by atoms with Crippen LogP contribution in [0.5, 0.6) is 0 Å². The van der Waals surface area contributed by atoms with Crippen molar-refractivity contribution in [1.29, 1.82) is 0 Å². The van der Waals surface area contributed by atoms with Crippen LogP contribution in [0.2, 0.25) is 0 Å². The third-order valence-corrected chi connectivity index (χ3v) is 6.26. The van der Waals surface area contributed by atoms with Crippen LogP contribution in [-0.4, -0.2) is 62.7 Å². The van der Waals surface area contributed by atoms with Crippen LogP contribution in [0.1, 0.15) is 63.9 Å². The van der Waals surface area contributed by atoms with Gasteiger partial charge in [-0.1, -0.05) is 31.4 Å². The van der Waals surface area contributed by atoms with Gasteiger partial charge in [0.2, 0.25) is 0 Å². The molecule has 1 aliphatic heterocycles. The van der Waals surface area contributed by atoms with Gasteiger partial charge in [0.1, 0.15) is 0 Å². The van der Waals surface area contributed by atoms with Crippen LogP contribution in [0.25, 0.3) is 0 Å². The molecule has 0 aromatic heterocycles. The fraction of sp³-hybridized carbons (Fsp3) is 0.556. The Labute approximate surface area is 213 Å². The maximum absolute atomic E-state index is 13.2. The lowest BCUT2D eigenvalue weighted by atomic mass is 9.80. The van der Waals surface area contributed by atoms with Gasteiger partial charge in [-0.25, -0.2) is 9.59 Å². The molecular weight excluding hydrogens is 462 g/mol. The van der Waals surface area contributed by atoms with Gasteiger partial charge in [-0.05, 0) is 38.7 Å². The number of ether oxygens (including phenoxy) is 2. The summed E-state index contributed by atoms with van der Waals surface area (Å²) < 4.78 is 11.6. The molecule has 0 fully saturated rings. The molecule has 0 radical (unpaired) electrons. The maximum Gasteiger partial charge on any atom is 0.336 e. The maximum atomic E-state index is 13.2. The largest absolute Gasteiger partial charge is 0.466 e. The number of nitrogens with zero attached hydrogens (tertiary/aromatic N) is 2. The first-order chi connectivity index (χ1) is 17.0. The van der Waals surface area contributed by atoms with Crippen LogP contribution >= 0.6 is 0 Å². The molecular formula is C27H40N3O6+. The van der Waals surface area contributed by atoms with Gasteiger partial charge >= 0.3 is 11.9 Å². The average molecular weight is 503 g/mol. The number of rotatable bonds is 13. The number of nitrogens with one attached hydrogen (secondary N) is 1. The van der Waals surface area contributed by atoms with E-state index < -0.39 is 22.8 Å². The molecule has 1 atom stereocenters. The quantitative estimate of drug-likeness (QED) is 0.138. The fourth-order valence-corrected chi connectivity index (χ4v) is 4.43. The minimum absolute atomic E-state index is 0.125. The topological polar surface area (TPSA) is 108 Å². The number of carbonyl (C=O) groups excluding carboxylic acids is 2. The number of hydrogen-bond acceptors (Lipinski definition) is 7. The summed E-state index contributed by atoms with van der Waals surface area (Å²) in [5.41, 5.74) is 1.87. The highest BCUT2D eigenvalue weighted by Crippen LogP contribution is 2.40. The minimum Gasteiger partial charge on any atom is -0.466 e. The number of esters is 2. The Hall–Kier alpha value is -3.20. The Morgan fingerprint density at radius 2 is 1.56 bits per heavy atom. The Morgan fingerprint density at radius 3 is 2.14 bits per heavy atom. The van der Waals surface area contributed by atoms with Crippen molar-refractivity contribution in [3.63, 3.8) is 0 Å². The second-order valence-corrected chi connectivity index (χ2v) is 10.3. The Kier molecular flexibility index (Phi) is 10.6. The summed E-state index contributed by atoms with van der Waals surface area (Å²) >= 11 is 0. The fourth-order valence-electron chi connectivity index (χ4n) is 4.43. The molecule has 1 aromatic rings. The van der Waals surface area contributed by atoms with Crippen molar-refractivity contribution in [2.45, 2.75) is 58.3 Å². The molecule has 1 aromatic carbocycles. The van der Waals surface area contributed by atoms with Crippen molar-refractivity contribution in [2.24, 2.45) is 0 Å². The minimum atomic E-state index is -0.840. The number of nitro groups is 1. The summed E-state index contributed by atoms with van der Waals surface area (Å²) in [6.45, 7) is 4.87. The van der Waals surface area contributed by atoms with E-state index in [0.717, 1.165) is 36.7 Å². The van der Waals surface area contributed by atoms with Crippen molar-refractivity contribution in [2.75, 3.05) is 41.4 Å². The van der Waals surface area contributed by atoms with Gasteiger partial charge in [0.15, 0.2) is 0 Å². The summed E-state index contributed by atoms with van der Waals surface area (Å²) in [4.78, 5) is 36.8. The van der Waals surface area contributed by atoms with E-state index in [-0.39, 0.29) is 23.4 Å². The Balaban J connectivity index is 2.09. The third kappa shape index (κ3) is 8.19. The molecule has 9 nitrogen and oxygen atoms in total. The highest BCUT2D eigenvalue weighted by atomic mass is 16.6. The van der Waals surface area contributed by atoms with Crippen molar-refractivity contribution < 1.29 is 28.5 Å². The van der Waals surface area contributed by atoms with Crippen LogP contribution in [0.3, 0.4) is 0 Å². The molecule has 0 bridgehead atoms. The van der Waals surface area contributed by atoms with Crippen LogP contribution in [0.15, 0.2) is 46.8 Å². The Bertz CT molecular complexity index is 1020. The molecule has 0 unspecified atom stereocenters. The molecule has 1 N–H and O–H groups in total. The van der Waals surface area contributed by atoms with E-state index in [9.17, 15) is 19.7 Å². The third-order valence-electron chi connectivity index (χ3n) is 6.26. The number of methoxy groups -OCH3 is 1. The standard InChI is InChI=1S/C27H39N3O6/c1-19-23(26(31)35-6)25(21-14-13-15-22(18-21)29(33)34)24(20(2)28-19)27(32)36-17-12-10-8-7-9-11-16-30(3,4)5/h13-15,18,25H,7-12,16-17H2,1-6H3/p+1/t25-/m0/s1. The number of nitro benzene ring substituents is 1. The van der Waals surface area contributed by atoms with E-state index >= 15 is 0 Å². The van der Waals surface area contributed by atoms with Gasteiger partial charge in [-0.15, -0.1) is 0 Å². The number of quaternary nitrogens is 1. The van der Waals surface area contributed by atoms with E-state index in [1.54, 1.807) is 26.0 Å². The molecule has 1 heterocycles. The van der Waals surface area contributed by atoms with Gasteiger partial charge < -0.3 is 19.3 Å². The summed E-state index contributed by atoms with van der Waals surface area (Å²) in [5.74, 6) is -2.00. The number of hydrogen-bond donors (Lipinski definition) is 1. The smallest absolute Gasteiger partial charge is 0.336 e. The van der Waals surface area contributed by atoms with E-state index in [1.807, 2.05) is 0 Å². The van der Waals surface area contributed by atoms with Crippen molar-refractivity contribution >= 4 is 17.6 Å². The van der Waals surface area contributed by atoms with Gasteiger partial charge in [0.25, 0.3) is 5.69 Å². The lowest BCUT2D eigenvalue weighted by molar-refractivity contribution is -0.870. The van der Waals surface area contributed by atoms with Gasteiger partial charge in [-0.3, -0.25) is 10.1 Å². The number of allylic oxidation sites excluding steroid dienone is 2. The molecule has 0 amide bonds. The number of non-ortho nitro benzene ring substituents is 1. The van der Waals surface area contributed by atoms with Gasteiger partial charge in [-0.2, -0.15) is 0 Å². The summed E-state index contributed by atoms with van der Waals surface area (Å²) in [6, 6.07) is 5.96. The van der Waals surface area contributed by atoms with Crippen LogP contribution < -0.4 is 5.32 Å². The first-order valence-electron chi connectivity index (χ1n) is 12.4. The molecule has 0 spiro atoms. The van der Waals surface area contributed by atoms with E-state index in [0.29, 0.717) is 17.0 Å². The predicted molar refractivity (Wildman–Crippen MR) is 138 cm³/mol. The lowest BCUT2D eigenvalue weighted by Gasteiger charge is -2.30. The molecule has 0 aliphatic carbocycles. The van der Waals surface area contributed by atoms with Gasteiger partial charge in [0.05, 0.1) is 63.4 Å². The summed E-state index contributed by atoms with van der Waals surface area (Å²) in [7, 11) is 7.85. The predicted octanol–water partition coefficient (Wildman–Crippen LogP) is 4.59. The number of unbranched alkanes of at least 4 members (excludes halogenated alkanes) is 5. The number of dihydropyridines is 1. The van der Waals surface area contributed by atoms with E-state index in [1.165, 1.54) is 32.1 Å². The second-order valence-electron chi connectivity index (χ2n) is 10.3. The summed E-state index contributed by atoms with van der Waals surface area (Å²) in [5, 5.41) is 14.4. The monoisotopic (exact) mass is 502 g/mol. The van der Waals surface area contributed by atoms with E-state index in [2.05, 4.69) is 26.5 Å². The summed E-state index contributed by atoms with van der Waals surface area (Å²) in [6.07, 6.45) is 6.36. The molecule has 1 aliphatic rings. The lowest BCUT2D eigenvalue weighted by Crippen LogP contribution is -2.35. The van der Waals surface area contributed by atoms with E-state index in [4.69, 9.17) is 9.47 Å². The normalized spacial score (nSPS) is 16.0. The zero-order valence-electron chi connectivity index (χ0n) is 22.4. The molecule has 0 saturated heterocycles. The first-order valence-corrected chi connectivity index (χ1v) is 12.4. The zero-order chi connectivity index (χ0) is 26.9. The van der Waals surface area contributed by atoms with Crippen LogP contribution in [-0.2, 0) is 19.1 Å². The molecule has 9 heteroatoms. The highest BCUT2D eigenvalue weighted by Gasteiger charge is 2.38. The van der Waals surface area contributed by atoms with Crippen molar-refractivity contribution in [3.8, 4) is 0 Å².